The smallest absolute Gasteiger partial charge is 0.169 e. The predicted octanol–water partition coefficient (Wildman–Crippen LogP) is 4.10. The van der Waals surface area contributed by atoms with E-state index in [2.05, 4.69) is 13.8 Å². The van der Waals surface area contributed by atoms with Gasteiger partial charge in [0.1, 0.15) is 5.75 Å². The molecule has 1 aromatic rings. The van der Waals surface area contributed by atoms with Crippen LogP contribution in [-0.4, -0.2) is 10.9 Å². The van der Waals surface area contributed by atoms with Gasteiger partial charge in [-0.05, 0) is 37.5 Å². The topological polar surface area (TPSA) is 37.3 Å². The summed E-state index contributed by atoms with van der Waals surface area (Å²) >= 11 is 0. The molecule has 1 rings (SSSR count). The first-order valence-electron chi connectivity index (χ1n) is 6.44. The Balaban J connectivity index is 2.92. The largest absolute Gasteiger partial charge is 0.507 e. The van der Waals surface area contributed by atoms with E-state index in [0.717, 1.165) is 31.2 Å². The molecule has 0 aliphatic rings. The zero-order valence-electron chi connectivity index (χ0n) is 11.0. The maximum Gasteiger partial charge on any atom is 0.169 e. The average molecular weight is 234 g/mol. The van der Waals surface area contributed by atoms with E-state index in [1.165, 1.54) is 0 Å². The number of rotatable bonds is 6. The molecule has 0 heterocycles. The minimum Gasteiger partial charge on any atom is -0.507 e. The Morgan fingerprint density at radius 2 is 1.82 bits per heavy atom. The van der Waals surface area contributed by atoms with Gasteiger partial charge < -0.3 is 5.11 Å². The molecule has 1 N–H and O–H groups in total. The fraction of sp³-hybridized carbons (Fsp3) is 0.533. The Hall–Kier alpha value is -1.31. The number of carbonyl (C=O) groups excluding carboxylic acids is 1. The van der Waals surface area contributed by atoms with Crippen molar-refractivity contribution in [2.75, 3.05) is 0 Å². The second-order valence-corrected chi connectivity index (χ2v) is 4.66. The van der Waals surface area contributed by atoms with Gasteiger partial charge in [0.05, 0.1) is 5.56 Å². The highest BCUT2D eigenvalue weighted by Crippen LogP contribution is 2.25. The Morgan fingerprint density at radius 1 is 1.24 bits per heavy atom. The summed E-state index contributed by atoms with van der Waals surface area (Å²) < 4.78 is 0. The zero-order chi connectivity index (χ0) is 12.8. The van der Waals surface area contributed by atoms with Crippen LogP contribution in [0.15, 0.2) is 18.2 Å². The molecule has 2 nitrogen and oxygen atoms in total. The van der Waals surface area contributed by atoms with Gasteiger partial charge >= 0.3 is 0 Å². The first kappa shape index (κ1) is 13.8. The number of carbonyl (C=O) groups is 1. The van der Waals surface area contributed by atoms with Gasteiger partial charge in [-0.15, -0.1) is 0 Å². The summed E-state index contributed by atoms with van der Waals surface area (Å²) in [6.45, 7) is 6.08. The molecule has 0 saturated heterocycles. The standard InChI is InChI=1S/C15H22O2/c1-4-6-12(7-5-2)15(17)13-9-8-11(3)10-14(13)16/h8-10,12,16H,4-7H2,1-3H3. The highest BCUT2D eigenvalue weighted by molar-refractivity contribution is 6.00. The van der Waals surface area contributed by atoms with Crippen LogP contribution in [0, 0.1) is 12.8 Å². The Bertz CT molecular complexity index is 377. The summed E-state index contributed by atoms with van der Waals surface area (Å²) in [5.74, 6) is 0.261. The molecule has 0 aromatic heterocycles. The van der Waals surface area contributed by atoms with Crippen molar-refractivity contribution in [3.05, 3.63) is 29.3 Å². The molecule has 0 bridgehead atoms. The molecule has 17 heavy (non-hydrogen) atoms. The molecule has 94 valence electrons. The van der Waals surface area contributed by atoms with E-state index < -0.39 is 0 Å². The van der Waals surface area contributed by atoms with Crippen LogP contribution in [0.1, 0.15) is 55.5 Å². The molecule has 0 spiro atoms. The third kappa shape index (κ3) is 3.58. The zero-order valence-corrected chi connectivity index (χ0v) is 11.0. The minimum absolute atomic E-state index is 0.0543. The lowest BCUT2D eigenvalue weighted by Crippen LogP contribution is -2.14. The van der Waals surface area contributed by atoms with Crippen LogP contribution >= 0.6 is 0 Å². The molecule has 0 aliphatic carbocycles. The third-order valence-corrected chi connectivity index (χ3v) is 3.06. The number of aryl methyl sites for hydroxylation is 1. The van der Waals surface area contributed by atoms with Gasteiger partial charge in [0, 0.05) is 5.92 Å². The van der Waals surface area contributed by atoms with Crippen molar-refractivity contribution in [2.45, 2.75) is 46.5 Å². The third-order valence-electron chi connectivity index (χ3n) is 3.06. The predicted molar refractivity (Wildman–Crippen MR) is 70.5 cm³/mol. The molecule has 0 radical (unpaired) electrons. The van der Waals surface area contributed by atoms with Gasteiger partial charge in [0.15, 0.2) is 5.78 Å². The number of phenols is 1. The number of aromatic hydroxyl groups is 1. The van der Waals surface area contributed by atoms with E-state index >= 15 is 0 Å². The van der Waals surface area contributed by atoms with Crippen molar-refractivity contribution in [3.8, 4) is 5.75 Å². The van der Waals surface area contributed by atoms with Crippen LogP contribution in [0.4, 0.5) is 0 Å². The summed E-state index contributed by atoms with van der Waals surface area (Å²) in [7, 11) is 0. The lowest BCUT2D eigenvalue weighted by Gasteiger charge is -2.15. The molecule has 1 aromatic carbocycles. The summed E-state index contributed by atoms with van der Waals surface area (Å²) in [6.07, 6.45) is 3.81. The van der Waals surface area contributed by atoms with Crippen LogP contribution in [0.3, 0.4) is 0 Å². The Labute approximate surface area is 104 Å². The normalized spacial score (nSPS) is 10.8. The number of benzene rings is 1. The van der Waals surface area contributed by atoms with Crippen molar-refractivity contribution < 1.29 is 9.90 Å². The molecule has 0 fully saturated rings. The van der Waals surface area contributed by atoms with Gasteiger partial charge in [-0.1, -0.05) is 32.8 Å². The summed E-state index contributed by atoms with van der Waals surface area (Å²) in [5.41, 5.74) is 1.45. The first-order valence-corrected chi connectivity index (χ1v) is 6.44. The highest BCUT2D eigenvalue weighted by atomic mass is 16.3. The van der Waals surface area contributed by atoms with Crippen LogP contribution in [0.2, 0.25) is 0 Å². The van der Waals surface area contributed by atoms with Crippen LogP contribution in [0.5, 0.6) is 5.75 Å². The van der Waals surface area contributed by atoms with E-state index in [1.807, 2.05) is 13.0 Å². The van der Waals surface area contributed by atoms with Crippen molar-refractivity contribution in [1.29, 1.82) is 0 Å². The Morgan fingerprint density at radius 3 is 2.29 bits per heavy atom. The molecular weight excluding hydrogens is 212 g/mol. The maximum atomic E-state index is 12.3. The number of hydrogen-bond acceptors (Lipinski definition) is 2. The Kier molecular flexibility index (Phi) is 5.20. The van der Waals surface area contributed by atoms with E-state index in [0.29, 0.717) is 5.56 Å². The lowest BCUT2D eigenvalue weighted by molar-refractivity contribution is 0.0902. The second kappa shape index (κ2) is 6.43. The van der Waals surface area contributed by atoms with Gasteiger partial charge in [-0.2, -0.15) is 0 Å². The molecule has 0 amide bonds. The van der Waals surface area contributed by atoms with Crippen molar-refractivity contribution in [3.63, 3.8) is 0 Å². The number of hydrogen-bond donors (Lipinski definition) is 1. The second-order valence-electron chi connectivity index (χ2n) is 4.66. The van der Waals surface area contributed by atoms with E-state index in [4.69, 9.17) is 0 Å². The molecule has 0 unspecified atom stereocenters. The van der Waals surface area contributed by atoms with Gasteiger partial charge in [-0.25, -0.2) is 0 Å². The average Bonchev–Trinajstić information content (AvgIpc) is 2.28. The highest BCUT2D eigenvalue weighted by Gasteiger charge is 2.20. The van der Waals surface area contributed by atoms with Crippen molar-refractivity contribution in [2.24, 2.45) is 5.92 Å². The van der Waals surface area contributed by atoms with Crippen LogP contribution in [0.25, 0.3) is 0 Å². The van der Waals surface area contributed by atoms with E-state index in [1.54, 1.807) is 12.1 Å². The monoisotopic (exact) mass is 234 g/mol. The summed E-state index contributed by atoms with van der Waals surface area (Å²) in [4.78, 5) is 12.3. The van der Waals surface area contributed by atoms with Gasteiger partial charge in [0.2, 0.25) is 0 Å². The van der Waals surface area contributed by atoms with Crippen molar-refractivity contribution in [1.82, 2.24) is 0 Å². The fourth-order valence-corrected chi connectivity index (χ4v) is 2.17. The van der Waals surface area contributed by atoms with Crippen LogP contribution in [-0.2, 0) is 0 Å². The number of ketones is 1. The van der Waals surface area contributed by atoms with Gasteiger partial charge in [-0.3, -0.25) is 4.79 Å². The molecule has 0 aliphatic heterocycles. The fourth-order valence-electron chi connectivity index (χ4n) is 2.17. The quantitative estimate of drug-likeness (QED) is 0.752. The summed E-state index contributed by atoms with van der Waals surface area (Å²) in [6, 6.07) is 5.27. The molecular formula is C15H22O2. The first-order chi connectivity index (χ1) is 8.10. The molecule has 0 atom stereocenters. The summed E-state index contributed by atoms with van der Waals surface area (Å²) in [5, 5.41) is 9.83. The van der Waals surface area contributed by atoms with E-state index in [9.17, 15) is 9.90 Å². The maximum absolute atomic E-state index is 12.3. The lowest BCUT2D eigenvalue weighted by atomic mass is 9.89. The van der Waals surface area contributed by atoms with E-state index in [-0.39, 0.29) is 17.5 Å². The van der Waals surface area contributed by atoms with Crippen molar-refractivity contribution >= 4 is 5.78 Å². The minimum atomic E-state index is 0.0543. The molecule has 2 heteroatoms. The van der Waals surface area contributed by atoms with Crippen LogP contribution < -0.4 is 0 Å². The number of Topliss-reactive ketones (excluding diaryl/α,β-unsaturated/α-hetero) is 1. The number of phenolic OH excluding ortho intramolecular Hbond substituents is 1. The molecule has 0 saturated carbocycles. The SMILES string of the molecule is CCCC(CCC)C(=O)c1ccc(C)cc1O. The van der Waals surface area contributed by atoms with Gasteiger partial charge in [0.25, 0.3) is 0 Å².